The molecule has 23 heavy (non-hydrogen) atoms. The molecule has 1 rings (SSSR count). The quantitative estimate of drug-likeness (QED) is 0.238. The molecule has 0 unspecified atom stereocenters. The highest BCUT2D eigenvalue weighted by Crippen LogP contribution is 2.24. The van der Waals surface area contributed by atoms with E-state index in [4.69, 9.17) is 4.74 Å². The second-order valence-electron chi connectivity index (χ2n) is 5.17. The fraction of sp³-hybridized carbons (Fsp3) is 0.438. The van der Waals surface area contributed by atoms with Crippen molar-refractivity contribution >= 4 is 5.97 Å². The predicted octanol–water partition coefficient (Wildman–Crippen LogP) is 5.06. The first-order valence-electron chi connectivity index (χ1n) is 7.10. The summed E-state index contributed by atoms with van der Waals surface area (Å²) in [5.41, 5.74) is -0.697. The van der Waals surface area contributed by atoms with Gasteiger partial charge in [-0.05, 0) is 32.8 Å². The first-order chi connectivity index (χ1) is 10.7. The van der Waals surface area contributed by atoms with Gasteiger partial charge in [0.25, 0.3) is 0 Å². The van der Waals surface area contributed by atoms with Gasteiger partial charge in [0.15, 0.2) is 23.3 Å². The van der Waals surface area contributed by atoms with Crippen molar-refractivity contribution in [1.82, 2.24) is 0 Å². The number of carbonyl (C=O) groups excluding carboxylic acids is 1. The minimum Gasteiger partial charge on any atom is -0.455 e. The van der Waals surface area contributed by atoms with E-state index in [2.05, 4.69) is 0 Å². The molecule has 1 aromatic rings. The van der Waals surface area contributed by atoms with Crippen molar-refractivity contribution in [3.8, 4) is 0 Å². The van der Waals surface area contributed by atoms with Crippen molar-refractivity contribution in [2.45, 2.75) is 46.1 Å². The molecule has 1 aromatic carbocycles. The van der Waals surface area contributed by atoms with E-state index >= 15 is 0 Å². The number of halogens is 5. The third-order valence-corrected chi connectivity index (χ3v) is 3.15. The summed E-state index contributed by atoms with van der Waals surface area (Å²) in [6, 6.07) is 0. The van der Waals surface area contributed by atoms with Crippen LogP contribution in [0.4, 0.5) is 22.0 Å². The van der Waals surface area contributed by atoms with Crippen LogP contribution in [-0.4, -0.2) is 12.1 Å². The number of unbranched alkanes of at least 4 members (excludes halogenated alkanes) is 1. The van der Waals surface area contributed by atoms with Crippen LogP contribution in [-0.2, 0) is 4.74 Å². The van der Waals surface area contributed by atoms with Gasteiger partial charge in [-0.2, -0.15) is 0 Å². The fourth-order valence-corrected chi connectivity index (χ4v) is 1.99. The normalized spacial score (nSPS) is 13.1. The third-order valence-electron chi connectivity index (χ3n) is 3.15. The molecule has 0 radical (unpaired) electrons. The lowest BCUT2D eigenvalue weighted by Crippen LogP contribution is -2.19. The van der Waals surface area contributed by atoms with E-state index < -0.39 is 46.7 Å². The molecule has 0 heterocycles. The smallest absolute Gasteiger partial charge is 0.344 e. The van der Waals surface area contributed by atoms with Crippen molar-refractivity contribution in [1.29, 1.82) is 0 Å². The Morgan fingerprint density at radius 2 is 1.52 bits per heavy atom. The molecule has 7 heteroatoms. The van der Waals surface area contributed by atoms with Crippen molar-refractivity contribution in [3.05, 3.63) is 46.3 Å². The second-order valence-corrected chi connectivity index (χ2v) is 5.17. The lowest BCUT2D eigenvalue weighted by molar-refractivity contribution is 0.0408. The maximum absolute atomic E-state index is 13.5. The number of hydrogen-bond donors (Lipinski definition) is 0. The predicted molar refractivity (Wildman–Crippen MR) is 74.4 cm³/mol. The maximum Gasteiger partial charge on any atom is 0.344 e. The number of hydrogen-bond acceptors (Lipinski definition) is 2. The van der Waals surface area contributed by atoms with Crippen LogP contribution in [0.2, 0.25) is 0 Å². The van der Waals surface area contributed by atoms with Crippen molar-refractivity contribution in [2.75, 3.05) is 0 Å². The second kappa shape index (κ2) is 8.08. The third kappa shape index (κ3) is 4.53. The van der Waals surface area contributed by atoms with Gasteiger partial charge in [0, 0.05) is 0 Å². The van der Waals surface area contributed by atoms with Crippen molar-refractivity contribution < 1.29 is 31.5 Å². The number of ether oxygens (including phenoxy) is 1. The van der Waals surface area contributed by atoms with Crippen LogP contribution in [0.1, 0.15) is 50.4 Å². The van der Waals surface area contributed by atoms with Crippen LogP contribution in [0.5, 0.6) is 0 Å². The van der Waals surface area contributed by atoms with Crippen LogP contribution in [0.15, 0.2) is 11.6 Å². The van der Waals surface area contributed by atoms with Gasteiger partial charge in [-0.1, -0.05) is 18.9 Å². The zero-order valence-corrected chi connectivity index (χ0v) is 13.0. The minimum atomic E-state index is -2.32. The van der Waals surface area contributed by atoms with Crippen LogP contribution >= 0.6 is 0 Å². The Hall–Kier alpha value is -1.92. The molecule has 0 aliphatic heterocycles. The highest BCUT2D eigenvalue weighted by molar-refractivity contribution is 5.90. The molecule has 0 fully saturated rings. The van der Waals surface area contributed by atoms with Crippen LogP contribution in [0.25, 0.3) is 0 Å². The molecule has 0 aliphatic rings. The zero-order chi connectivity index (χ0) is 17.7. The van der Waals surface area contributed by atoms with Gasteiger partial charge >= 0.3 is 5.97 Å². The Labute approximate surface area is 130 Å². The summed E-state index contributed by atoms with van der Waals surface area (Å²) in [4.78, 5) is 11.7. The van der Waals surface area contributed by atoms with Crippen LogP contribution < -0.4 is 0 Å². The SMILES string of the molecule is CCCC/C(C)=C/[C@H](C)OC(=O)c1c(F)c(F)c(F)c(F)c1F. The first kappa shape index (κ1) is 19.1. The van der Waals surface area contributed by atoms with E-state index in [1.165, 1.54) is 6.92 Å². The molecule has 0 aromatic heterocycles. The summed E-state index contributed by atoms with van der Waals surface area (Å²) in [5.74, 6) is -12.7. The zero-order valence-electron chi connectivity index (χ0n) is 13.0. The first-order valence-corrected chi connectivity index (χ1v) is 7.10. The number of allylic oxidation sites excluding steroid dienone is 1. The van der Waals surface area contributed by atoms with E-state index in [0.29, 0.717) is 0 Å². The van der Waals surface area contributed by atoms with Gasteiger partial charge in [-0.15, -0.1) is 0 Å². The highest BCUT2D eigenvalue weighted by atomic mass is 19.2. The van der Waals surface area contributed by atoms with Crippen LogP contribution in [0.3, 0.4) is 0 Å². The van der Waals surface area contributed by atoms with Gasteiger partial charge in [-0.25, -0.2) is 26.7 Å². The molecule has 0 N–H and O–H groups in total. The number of esters is 1. The molecular formula is C16H17F5O2. The van der Waals surface area contributed by atoms with Crippen molar-refractivity contribution in [2.24, 2.45) is 0 Å². The summed E-state index contributed by atoms with van der Waals surface area (Å²) in [5, 5.41) is 0. The van der Waals surface area contributed by atoms with Gasteiger partial charge in [0.1, 0.15) is 11.7 Å². The lowest BCUT2D eigenvalue weighted by Gasteiger charge is -2.13. The minimum absolute atomic E-state index is 0.751. The summed E-state index contributed by atoms with van der Waals surface area (Å²) in [6.07, 6.45) is 3.32. The number of rotatable bonds is 6. The highest BCUT2D eigenvalue weighted by Gasteiger charge is 2.31. The van der Waals surface area contributed by atoms with Gasteiger partial charge in [0.2, 0.25) is 5.82 Å². The van der Waals surface area contributed by atoms with Gasteiger partial charge < -0.3 is 4.74 Å². The Kier molecular flexibility index (Phi) is 6.72. The molecular weight excluding hydrogens is 319 g/mol. The summed E-state index contributed by atoms with van der Waals surface area (Å²) in [6.45, 7) is 5.22. The largest absolute Gasteiger partial charge is 0.455 e. The average molecular weight is 336 g/mol. The summed E-state index contributed by atoms with van der Waals surface area (Å²) >= 11 is 0. The van der Waals surface area contributed by atoms with E-state index in [9.17, 15) is 26.7 Å². The summed E-state index contributed by atoms with van der Waals surface area (Å²) < 4.78 is 70.8. The molecule has 128 valence electrons. The molecule has 1 atom stereocenters. The number of benzene rings is 1. The molecule has 0 saturated carbocycles. The maximum atomic E-state index is 13.5. The van der Waals surface area contributed by atoms with Gasteiger partial charge in [-0.3, -0.25) is 0 Å². The molecule has 0 spiro atoms. The monoisotopic (exact) mass is 336 g/mol. The Morgan fingerprint density at radius 1 is 1.04 bits per heavy atom. The fourth-order valence-electron chi connectivity index (χ4n) is 1.99. The van der Waals surface area contributed by atoms with E-state index in [-0.39, 0.29) is 0 Å². The Balaban J connectivity index is 2.99. The van der Waals surface area contributed by atoms with Gasteiger partial charge in [0.05, 0.1) is 0 Å². The Morgan fingerprint density at radius 3 is 2.00 bits per heavy atom. The number of carbonyl (C=O) groups is 1. The lowest BCUT2D eigenvalue weighted by atomic mass is 10.1. The van der Waals surface area contributed by atoms with E-state index in [1.54, 1.807) is 13.0 Å². The molecule has 0 bridgehead atoms. The van der Waals surface area contributed by atoms with Crippen LogP contribution in [0, 0.1) is 29.1 Å². The molecule has 0 amide bonds. The standard InChI is InChI=1S/C16H17F5O2/c1-4-5-6-8(2)7-9(3)23-16(22)10-11(17)13(19)15(21)14(20)12(10)18/h7,9H,4-6H2,1-3H3/b8-7+/t9-/m0/s1. The van der Waals surface area contributed by atoms with E-state index in [0.717, 1.165) is 24.8 Å². The molecule has 2 nitrogen and oxygen atoms in total. The topological polar surface area (TPSA) is 26.3 Å². The average Bonchev–Trinajstić information content (AvgIpc) is 2.48. The summed E-state index contributed by atoms with van der Waals surface area (Å²) in [7, 11) is 0. The Bertz CT molecular complexity index is 596. The van der Waals surface area contributed by atoms with E-state index in [1.807, 2.05) is 6.92 Å². The van der Waals surface area contributed by atoms with Crippen molar-refractivity contribution in [3.63, 3.8) is 0 Å². The molecule has 0 aliphatic carbocycles. The molecule has 0 saturated heterocycles.